The first-order chi connectivity index (χ1) is 12.7. The van der Waals surface area contributed by atoms with Crippen LogP contribution in [-0.4, -0.2) is 23.7 Å². The number of benzene rings is 1. The maximum atomic E-state index is 12.0. The largest absolute Gasteiger partial charge is 0.478 e. The number of hydrogen-bond donors (Lipinski definition) is 1. The molecule has 1 N–H and O–H groups in total. The maximum absolute atomic E-state index is 12.0. The standard InChI is InChI=1S/C22H32O4/c1-2-3-4-5-6-7-8-9-10-11-12-15-18-26-22(25)20-17-14-13-16-19(20)21(23)24/h11-14,16-17H,2-10,15,18H2,1H3,(H,23,24)/b12-11+. The second-order valence-electron chi connectivity index (χ2n) is 6.51. The summed E-state index contributed by atoms with van der Waals surface area (Å²) in [5.74, 6) is -1.71. The van der Waals surface area contributed by atoms with Crippen LogP contribution in [0.4, 0.5) is 0 Å². The third-order valence-electron chi connectivity index (χ3n) is 4.29. The highest BCUT2D eigenvalue weighted by atomic mass is 16.5. The Morgan fingerprint density at radius 3 is 2.12 bits per heavy atom. The van der Waals surface area contributed by atoms with E-state index in [9.17, 15) is 9.59 Å². The number of rotatable bonds is 14. The van der Waals surface area contributed by atoms with Gasteiger partial charge in [0.15, 0.2) is 0 Å². The molecule has 0 amide bonds. The van der Waals surface area contributed by atoms with Gasteiger partial charge in [0.1, 0.15) is 0 Å². The Hall–Kier alpha value is -2.10. The van der Waals surface area contributed by atoms with Gasteiger partial charge in [0.25, 0.3) is 0 Å². The molecule has 4 heteroatoms. The summed E-state index contributed by atoms with van der Waals surface area (Å²) in [4.78, 5) is 23.1. The van der Waals surface area contributed by atoms with Crippen molar-refractivity contribution in [2.75, 3.05) is 6.61 Å². The fourth-order valence-electron chi connectivity index (χ4n) is 2.78. The van der Waals surface area contributed by atoms with Crippen molar-refractivity contribution in [3.8, 4) is 0 Å². The quantitative estimate of drug-likeness (QED) is 0.250. The molecule has 1 rings (SSSR count). The molecule has 0 bridgehead atoms. The molecule has 0 aliphatic rings. The Balaban J connectivity index is 2.09. The van der Waals surface area contributed by atoms with Gasteiger partial charge < -0.3 is 9.84 Å². The van der Waals surface area contributed by atoms with E-state index in [0.29, 0.717) is 6.42 Å². The van der Waals surface area contributed by atoms with Gasteiger partial charge in [-0.2, -0.15) is 0 Å². The van der Waals surface area contributed by atoms with Crippen molar-refractivity contribution in [3.05, 3.63) is 47.5 Å². The van der Waals surface area contributed by atoms with Crippen molar-refractivity contribution in [2.24, 2.45) is 0 Å². The highest BCUT2D eigenvalue weighted by molar-refractivity contribution is 6.02. The van der Waals surface area contributed by atoms with Crippen LogP contribution in [0.2, 0.25) is 0 Å². The van der Waals surface area contributed by atoms with Crippen molar-refractivity contribution in [3.63, 3.8) is 0 Å². The summed E-state index contributed by atoms with van der Waals surface area (Å²) in [6, 6.07) is 6.10. The monoisotopic (exact) mass is 360 g/mol. The highest BCUT2D eigenvalue weighted by Gasteiger charge is 2.16. The number of carbonyl (C=O) groups excluding carboxylic acids is 1. The minimum Gasteiger partial charge on any atom is -0.478 e. The molecule has 0 fully saturated rings. The van der Waals surface area contributed by atoms with Crippen LogP contribution in [0.25, 0.3) is 0 Å². The zero-order chi connectivity index (χ0) is 19.0. The highest BCUT2D eigenvalue weighted by Crippen LogP contribution is 2.11. The first-order valence-corrected chi connectivity index (χ1v) is 9.81. The summed E-state index contributed by atoms with van der Waals surface area (Å²) in [6.07, 6.45) is 16.4. The van der Waals surface area contributed by atoms with Crippen LogP contribution in [0.3, 0.4) is 0 Å². The number of hydrogen-bond acceptors (Lipinski definition) is 3. The molecule has 1 aromatic carbocycles. The third-order valence-corrected chi connectivity index (χ3v) is 4.29. The molecular weight excluding hydrogens is 328 g/mol. The van der Waals surface area contributed by atoms with E-state index >= 15 is 0 Å². The second kappa shape index (κ2) is 14.1. The van der Waals surface area contributed by atoms with Gasteiger partial charge >= 0.3 is 11.9 Å². The van der Waals surface area contributed by atoms with Crippen LogP contribution < -0.4 is 0 Å². The lowest BCUT2D eigenvalue weighted by Crippen LogP contribution is -2.11. The van der Waals surface area contributed by atoms with Gasteiger partial charge in [0, 0.05) is 0 Å². The van der Waals surface area contributed by atoms with E-state index in [1.165, 1.54) is 63.5 Å². The molecule has 0 aliphatic carbocycles. The van der Waals surface area contributed by atoms with Crippen molar-refractivity contribution in [2.45, 2.75) is 71.1 Å². The lowest BCUT2D eigenvalue weighted by atomic mass is 10.1. The summed E-state index contributed by atoms with van der Waals surface area (Å²) < 4.78 is 5.16. The first kappa shape index (κ1) is 21.9. The minimum atomic E-state index is -1.12. The Bertz CT molecular complexity index is 563. The zero-order valence-corrected chi connectivity index (χ0v) is 15.9. The summed E-state index contributed by atoms with van der Waals surface area (Å²) in [7, 11) is 0. The number of unbranched alkanes of at least 4 members (excludes halogenated alkanes) is 8. The number of esters is 1. The number of carbonyl (C=O) groups is 2. The predicted octanol–water partition coefficient (Wildman–Crippen LogP) is 6.02. The number of aromatic carboxylic acids is 1. The molecule has 0 heterocycles. The number of carboxylic acids is 1. The molecule has 26 heavy (non-hydrogen) atoms. The van der Waals surface area contributed by atoms with E-state index in [1.54, 1.807) is 12.1 Å². The Morgan fingerprint density at radius 1 is 0.885 bits per heavy atom. The summed E-state index contributed by atoms with van der Waals surface area (Å²) >= 11 is 0. The minimum absolute atomic E-state index is 0.0252. The van der Waals surface area contributed by atoms with Gasteiger partial charge in [-0.05, 0) is 31.4 Å². The van der Waals surface area contributed by atoms with E-state index in [-0.39, 0.29) is 17.7 Å². The van der Waals surface area contributed by atoms with Crippen LogP contribution in [0.15, 0.2) is 36.4 Å². The molecule has 4 nitrogen and oxygen atoms in total. The summed E-state index contributed by atoms with van der Waals surface area (Å²) in [6.45, 7) is 2.50. The summed E-state index contributed by atoms with van der Waals surface area (Å²) in [5, 5.41) is 9.08. The number of allylic oxidation sites excluding steroid dienone is 1. The normalized spacial score (nSPS) is 11.0. The van der Waals surface area contributed by atoms with Crippen LogP contribution in [0, 0.1) is 0 Å². The molecule has 0 unspecified atom stereocenters. The number of carboxylic acid groups (broad SMARTS) is 1. The SMILES string of the molecule is CCCCCCCCCC/C=C/CCOC(=O)c1ccccc1C(=O)O. The maximum Gasteiger partial charge on any atom is 0.339 e. The summed E-state index contributed by atoms with van der Waals surface area (Å²) in [5.41, 5.74) is 0.0747. The van der Waals surface area contributed by atoms with Crippen LogP contribution in [-0.2, 0) is 4.74 Å². The van der Waals surface area contributed by atoms with Gasteiger partial charge in [-0.1, -0.05) is 76.2 Å². The predicted molar refractivity (Wildman–Crippen MR) is 105 cm³/mol. The molecule has 0 aromatic heterocycles. The molecule has 0 radical (unpaired) electrons. The van der Waals surface area contributed by atoms with Gasteiger partial charge in [0.05, 0.1) is 17.7 Å². The Labute approximate surface area is 157 Å². The lowest BCUT2D eigenvalue weighted by molar-refractivity contribution is 0.0500. The smallest absolute Gasteiger partial charge is 0.339 e. The third kappa shape index (κ3) is 9.40. The van der Waals surface area contributed by atoms with E-state index in [0.717, 1.165) is 6.42 Å². The van der Waals surface area contributed by atoms with Crippen LogP contribution in [0.5, 0.6) is 0 Å². The van der Waals surface area contributed by atoms with Gasteiger partial charge in [-0.15, -0.1) is 0 Å². The molecule has 1 aromatic rings. The Kier molecular flexibility index (Phi) is 11.9. The lowest BCUT2D eigenvalue weighted by Gasteiger charge is -2.05. The van der Waals surface area contributed by atoms with E-state index in [1.807, 2.05) is 6.08 Å². The fraction of sp³-hybridized carbons (Fsp3) is 0.545. The molecule has 0 saturated carbocycles. The Morgan fingerprint density at radius 2 is 1.46 bits per heavy atom. The average Bonchev–Trinajstić information content (AvgIpc) is 2.65. The average molecular weight is 360 g/mol. The number of ether oxygens (including phenoxy) is 1. The van der Waals surface area contributed by atoms with Gasteiger partial charge in [-0.25, -0.2) is 9.59 Å². The second-order valence-corrected chi connectivity index (χ2v) is 6.51. The van der Waals surface area contributed by atoms with Crippen molar-refractivity contribution in [1.82, 2.24) is 0 Å². The van der Waals surface area contributed by atoms with Crippen LogP contribution >= 0.6 is 0 Å². The van der Waals surface area contributed by atoms with Crippen molar-refractivity contribution in [1.29, 1.82) is 0 Å². The van der Waals surface area contributed by atoms with Gasteiger partial charge in [-0.3, -0.25) is 0 Å². The first-order valence-electron chi connectivity index (χ1n) is 9.81. The fourth-order valence-corrected chi connectivity index (χ4v) is 2.78. The molecule has 144 valence electrons. The molecular formula is C22H32O4. The molecule has 0 atom stereocenters. The van der Waals surface area contributed by atoms with E-state index in [2.05, 4.69) is 13.0 Å². The van der Waals surface area contributed by atoms with E-state index < -0.39 is 11.9 Å². The molecule has 0 spiro atoms. The van der Waals surface area contributed by atoms with Crippen molar-refractivity contribution >= 4 is 11.9 Å². The molecule has 0 aliphatic heterocycles. The van der Waals surface area contributed by atoms with Gasteiger partial charge in [0.2, 0.25) is 0 Å². The van der Waals surface area contributed by atoms with Crippen molar-refractivity contribution < 1.29 is 19.4 Å². The molecule has 0 saturated heterocycles. The zero-order valence-electron chi connectivity index (χ0n) is 15.9. The van der Waals surface area contributed by atoms with E-state index in [4.69, 9.17) is 9.84 Å². The topological polar surface area (TPSA) is 63.6 Å². The van der Waals surface area contributed by atoms with Crippen LogP contribution in [0.1, 0.15) is 91.8 Å².